The Bertz CT molecular complexity index is 714. The normalized spacial score (nSPS) is 15.3. The topological polar surface area (TPSA) is 52.6 Å². The van der Waals surface area contributed by atoms with E-state index in [1.165, 1.54) is 18.2 Å². The first-order chi connectivity index (χ1) is 11.6. The summed E-state index contributed by atoms with van der Waals surface area (Å²) in [5, 5.41) is 13.0. The summed E-state index contributed by atoms with van der Waals surface area (Å²) < 4.78 is 13.2. The average Bonchev–Trinajstić information content (AvgIpc) is 3.09. The van der Waals surface area contributed by atoms with Crippen LogP contribution in [0.25, 0.3) is 0 Å². The lowest BCUT2D eigenvalue weighted by molar-refractivity contribution is -0.118. The molecule has 5 heteroatoms. The minimum absolute atomic E-state index is 0.113. The molecule has 0 aromatic heterocycles. The molecular weight excluding hydrogens is 307 g/mol. The number of halogens is 1. The molecule has 1 aliphatic heterocycles. The van der Waals surface area contributed by atoms with E-state index in [2.05, 4.69) is 10.2 Å². The summed E-state index contributed by atoms with van der Waals surface area (Å²) >= 11 is 0. The van der Waals surface area contributed by atoms with Crippen molar-refractivity contribution < 1.29 is 14.3 Å². The van der Waals surface area contributed by atoms with Gasteiger partial charge in [0.1, 0.15) is 5.82 Å². The molecule has 2 N–H and O–H groups in total. The number of aliphatic hydroxyl groups excluding tert-OH is 1. The number of carbonyl (C=O) groups excluding carboxylic acids is 1. The SMILES string of the molecule is O=C(CC(O)c1cccc(F)c1)Nc1ccccc1N1CCCC1. The fraction of sp³-hybridized carbons (Fsp3) is 0.316. The van der Waals surface area contributed by atoms with Crippen molar-refractivity contribution in [3.63, 3.8) is 0 Å². The Morgan fingerprint density at radius 3 is 2.67 bits per heavy atom. The van der Waals surface area contributed by atoms with Gasteiger partial charge < -0.3 is 15.3 Å². The van der Waals surface area contributed by atoms with Gasteiger partial charge in [0, 0.05) is 13.1 Å². The summed E-state index contributed by atoms with van der Waals surface area (Å²) in [6.45, 7) is 1.97. The predicted molar refractivity (Wildman–Crippen MR) is 92.5 cm³/mol. The van der Waals surface area contributed by atoms with Gasteiger partial charge in [0.2, 0.25) is 5.91 Å². The number of amides is 1. The summed E-state index contributed by atoms with van der Waals surface area (Å²) in [6, 6.07) is 13.4. The summed E-state index contributed by atoms with van der Waals surface area (Å²) in [5.41, 5.74) is 2.15. The number of hydrogen-bond donors (Lipinski definition) is 2. The number of nitrogens with one attached hydrogen (secondary N) is 1. The van der Waals surface area contributed by atoms with E-state index >= 15 is 0 Å². The van der Waals surface area contributed by atoms with Crippen LogP contribution in [0.2, 0.25) is 0 Å². The highest BCUT2D eigenvalue weighted by Crippen LogP contribution is 2.29. The minimum Gasteiger partial charge on any atom is -0.388 e. The van der Waals surface area contributed by atoms with Gasteiger partial charge in [-0.15, -0.1) is 0 Å². The molecule has 1 saturated heterocycles. The monoisotopic (exact) mass is 328 g/mol. The van der Waals surface area contributed by atoms with Gasteiger partial charge in [0.05, 0.1) is 23.9 Å². The highest BCUT2D eigenvalue weighted by Gasteiger charge is 2.18. The Morgan fingerprint density at radius 1 is 1.17 bits per heavy atom. The molecule has 1 aliphatic rings. The molecule has 0 saturated carbocycles. The maximum Gasteiger partial charge on any atom is 0.227 e. The van der Waals surface area contributed by atoms with E-state index in [9.17, 15) is 14.3 Å². The summed E-state index contributed by atoms with van der Waals surface area (Å²) in [5.74, 6) is -0.718. The van der Waals surface area contributed by atoms with E-state index < -0.39 is 11.9 Å². The third kappa shape index (κ3) is 3.92. The molecular formula is C19H21FN2O2. The van der Waals surface area contributed by atoms with Crippen LogP contribution >= 0.6 is 0 Å². The van der Waals surface area contributed by atoms with Crippen molar-refractivity contribution in [1.82, 2.24) is 0 Å². The zero-order valence-corrected chi connectivity index (χ0v) is 13.4. The van der Waals surface area contributed by atoms with Crippen LogP contribution in [0.1, 0.15) is 30.9 Å². The lowest BCUT2D eigenvalue weighted by Crippen LogP contribution is -2.21. The van der Waals surface area contributed by atoms with Crippen molar-refractivity contribution in [3.8, 4) is 0 Å². The Hall–Kier alpha value is -2.40. The lowest BCUT2D eigenvalue weighted by Gasteiger charge is -2.21. The highest BCUT2D eigenvalue weighted by atomic mass is 19.1. The molecule has 0 bridgehead atoms. The van der Waals surface area contributed by atoms with E-state index in [0.717, 1.165) is 37.3 Å². The maximum absolute atomic E-state index is 13.2. The molecule has 1 unspecified atom stereocenters. The first-order valence-corrected chi connectivity index (χ1v) is 8.21. The number of benzene rings is 2. The highest BCUT2D eigenvalue weighted by molar-refractivity contribution is 5.94. The Labute approximate surface area is 140 Å². The Kier molecular flexibility index (Phi) is 5.11. The standard InChI is InChI=1S/C19H21FN2O2/c20-15-7-5-6-14(12-15)18(23)13-19(24)21-16-8-1-2-9-17(16)22-10-3-4-11-22/h1-2,5-9,12,18,23H,3-4,10-11,13H2,(H,21,24). The second-order valence-electron chi connectivity index (χ2n) is 6.03. The lowest BCUT2D eigenvalue weighted by atomic mass is 10.1. The molecule has 1 fully saturated rings. The summed E-state index contributed by atoms with van der Waals surface area (Å²) in [6.07, 6.45) is 1.17. The van der Waals surface area contributed by atoms with E-state index in [1.807, 2.05) is 24.3 Å². The van der Waals surface area contributed by atoms with E-state index in [4.69, 9.17) is 0 Å². The van der Waals surface area contributed by atoms with Crippen LogP contribution in [-0.2, 0) is 4.79 Å². The van der Waals surface area contributed by atoms with Gasteiger partial charge in [-0.1, -0.05) is 24.3 Å². The molecule has 3 rings (SSSR count). The molecule has 2 aromatic rings. The molecule has 4 nitrogen and oxygen atoms in total. The number of anilines is 2. The zero-order valence-electron chi connectivity index (χ0n) is 13.4. The summed E-state index contributed by atoms with van der Waals surface area (Å²) in [4.78, 5) is 14.5. The van der Waals surface area contributed by atoms with Crippen molar-refractivity contribution in [1.29, 1.82) is 0 Å². The minimum atomic E-state index is -1.03. The molecule has 1 atom stereocenters. The molecule has 1 heterocycles. The molecule has 1 amide bonds. The molecule has 0 spiro atoms. The Morgan fingerprint density at radius 2 is 1.92 bits per heavy atom. The number of rotatable bonds is 5. The van der Waals surface area contributed by atoms with Crippen molar-refractivity contribution in [2.24, 2.45) is 0 Å². The molecule has 126 valence electrons. The first-order valence-electron chi connectivity index (χ1n) is 8.21. The van der Waals surface area contributed by atoms with Crippen molar-refractivity contribution in [2.45, 2.75) is 25.4 Å². The van der Waals surface area contributed by atoms with Gasteiger partial charge in [0.25, 0.3) is 0 Å². The van der Waals surface area contributed by atoms with Crippen LogP contribution in [0.5, 0.6) is 0 Å². The average molecular weight is 328 g/mol. The van der Waals surface area contributed by atoms with Crippen LogP contribution in [0.4, 0.5) is 15.8 Å². The van der Waals surface area contributed by atoms with Crippen molar-refractivity contribution >= 4 is 17.3 Å². The fourth-order valence-electron chi connectivity index (χ4n) is 3.02. The Balaban J connectivity index is 1.67. The second kappa shape index (κ2) is 7.45. The molecule has 2 aromatic carbocycles. The number of para-hydroxylation sites is 2. The van der Waals surface area contributed by atoms with Gasteiger partial charge in [-0.3, -0.25) is 4.79 Å². The van der Waals surface area contributed by atoms with Crippen molar-refractivity contribution in [2.75, 3.05) is 23.3 Å². The van der Waals surface area contributed by atoms with Crippen LogP contribution in [0, 0.1) is 5.82 Å². The molecule has 0 radical (unpaired) electrons. The third-order valence-corrected chi connectivity index (χ3v) is 4.24. The number of carbonyl (C=O) groups is 1. The molecule has 24 heavy (non-hydrogen) atoms. The van der Waals surface area contributed by atoms with Gasteiger partial charge >= 0.3 is 0 Å². The second-order valence-corrected chi connectivity index (χ2v) is 6.03. The quantitative estimate of drug-likeness (QED) is 0.883. The largest absolute Gasteiger partial charge is 0.388 e. The van der Waals surface area contributed by atoms with Crippen LogP contribution in [0.3, 0.4) is 0 Å². The van der Waals surface area contributed by atoms with E-state index in [-0.39, 0.29) is 12.3 Å². The number of hydrogen-bond acceptors (Lipinski definition) is 3. The van der Waals surface area contributed by atoms with E-state index in [1.54, 1.807) is 6.07 Å². The van der Waals surface area contributed by atoms with Crippen LogP contribution < -0.4 is 10.2 Å². The maximum atomic E-state index is 13.2. The first kappa shape index (κ1) is 16.5. The van der Waals surface area contributed by atoms with Crippen LogP contribution in [0.15, 0.2) is 48.5 Å². The van der Waals surface area contributed by atoms with Crippen molar-refractivity contribution in [3.05, 3.63) is 59.9 Å². The zero-order chi connectivity index (χ0) is 16.9. The number of nitrogens with zero attached hydrogens (tertiary/aromatic N) is 1. The van der Waals surface area contributed by atoms with Crippen LogP contribution in [-0.4, -0.2) is 24.1 Å². The van der Waals surface area contributed by atoms with Gasteiger partial charge in [0.15, 0.2) is 0 Å². The third-order valence-electron chi connectivity index (χ3n) is 4.24. The number of aliphatic hydroxyl groups is 1. The predicted octanol–water partition coefficient (Wildman–Crippen LogP) is 3.49. The van der Waals surface area contributed by atoms with Gasteiger partial charge in [-0.05, 0) is 42.7 Å². The van der Waals surface area contributed by atoms with Gasteiger partial charge in [-0.2, -0.15) is 0 Å². The van der Waals surface area contributed by atoms with E-state index in [0.29, 0.717) is 5.56 Å². The van der Waals surface area contributed by atoms with Gasteiger partial charge in [-0.25, -0.2) is 4.39 Å². The smallest absolute Gasteiger partial charge is 0.227 e. The molecule has 0 aliphatic carbocycles. The fourth-order valence-corrected chi connectivity index (χ4v) is 3.02. The summed E-state index contributed by atoms with van der Waals surface area (Å²) in [7, 11) is 0.